The highest BCUT2D eigenvalue weighted by Gasteiger charge is 2.24. The molecule has 2 aromatic rings. The molecule has 1 unspecified atom stereocenters. The van der Waals surface area contributed by atoms with E-state index in [1.54, 1.807) is 18.2 Å². The van der Waals surface area contributed by atoms with Crippen LogP contribution in [-0.2, 0) is 4.79 Å². The minimum absolute atomic E-state index is 0.0442. The Kier molecular flexibility index (Phi) is 3.25. The number of aromatic nitrogens is 2. The molecule has 1 aromatic heterocycles. The Morgan fingerprint density at radius 2 is 2.33 bits per heavy atom. The summed E-state index contributed by atoms with van der Waals surface area (Å²) in [6, 6.07) is 5.18. The maximum absolute atomic E-state index is 12.1. The molecule has 1 aliphatic heterocycles. The molecule has 0 aliphatic carbocycles. The van der Waals surface area contributed by atoms with Crippen LogP contribution in [0.1, 0.15) is 13.3 Å². The molecule has 7 nitrogen and oxygen atoms in total. The fraction of sp³-hybridized carbons (Fsp3) is 0.357. The lowest BCUT2D eigenvalue weighted by atomic mass is 10.2. The Morgan fingerprint density at radius 1 is 1.52 bits per heavy atom. The standard InChI is InChI=1S/C14H17N5O2/c1-8(20)16-10-4-5-19(7-10)14-17-12-3-2-9(15)6-11(12)13(21)18-14/h2-3,6,10H,4-5,7,15H2,1H3,(H,16,20)(H,17,18,21). The predicted molar refractivity (Wildman–Crippen MR) is 81.2 cm³/mol. The number of carbonyl (C=O) groups is 1. The topological polar surface area (TPSA) is 104 Å². The summed E-state index contributed by atoms with van der Waals surface area (Å²) < 4.78 is 0. The zero-order valence-corrected chi connectivity index (χ0v) is 11.7. The number of hydrogen-bond donors (Lipinski definition) is 3. The van der Waals surface area contributed by atoms with Gasteiger partial charge in [-0.3, -0.25) is 14.6 Å². The molecule has 2 heterocycles. The molecule has 4 N–H and O–H groups in total. The first-order valence-corrected chi connectivity index (χ1v) is 6.84. The van der Waals surface area contributed by atoms with Crippen LogP contribution in [0.2, 0.25) is 0 Å². The SMILES string of the molecule is CC(=O)NC1CCN(c2nc3ccc(N)cc3c(=O)[nH]2)C1. The van der Waals surface area contributed by atoms with Crippen LogP contribution in [0.4, 0.5) is 11.6 Å². The van der Waals surface area contributed by atoms with Crippen molar-refractivity contribution in [2.24, 2.45) is 0 Å². The van der Waals surface area contributed by atoms with Crippen molar-refractivity contribution in [3.05, 3.63) is 28.6 Å². The molecule has 1 fully saturated rings. The smallest absolute Gasteiger partial charge is 0.260 e. The van der Waals surface area contributed by atoms with Gasteiger partial charge < -0.3 is 16.0 Å². The summed E-state index contributed by atoms with van der Waals surface area (Å²) in [7, 11) is 0. The molecule has 1 atom stereocenters. The Morgan fingerprint density at radius 3 is 3.10 bits per heavy atom. The third kappa shape index (κ3) is 2.67. The Labute approximate surface area is 121 Å². The molecule has 21 heavy (non-hydrogen) atoms. The zero-order chi connectivity index (χ0) is 15.0. The van der Waals surface area contributed by atoms with Crippen molar-refractivity contribution >= 4 is 28.4 Å². The molecular formula is C14H17N5O2. The second-order valence-electron chi connectivity index (χ2n) is 5.30. The van der Waals surface area contributed by atoms with Gasteiger partial charge in [-0.15, -0.1) is 0 Å². The van der Waals surface area contributed by atoms with Gasteiger partial charge >= 0.3 is 0 Å². The summed E-state index contributed by atoms with van der Waals surface area (Å²) >= 11 is 0. The molecule has 0 bridgehead atoms. The molecule has 1 aromatic carbocycles. The highest BCUT2D eigenvalue weighted by Crippen LogP contribution is 2.18. The van der Waals surface area contributed by atoms with Gasteiger partial charge in [-0.25, -0.2) is 4.98 Å². The Hall–Kier alpha value is -2.57. The number of nitrogens with two attached hydrogens (primary N) is 1. The average molecular weight is 287 g/mol. The van der Waals surface area contributed by atoms with E-state index in [2.05, 4.69) is 15.3 Å². The highest BCUT2D eigenvalue weighted by atomic mass is 16.1. The molecule has 1 amide bonds. The van der Waals surface area contributed by atoms with Crippen LogP contribution in [-0.4, -0.2) is 35.0 Å². The van der Waals surface area contributed by atoms with Crippen LogP contribution in [0.15, 0.2) is 23.0 Å². The molecule has 0 spiro atoms. The van der Waals surface area contributed by atoms with Crippen LogP contribution >= 0.6 is 0 Å². The van der Waals surface area contributed by atoms with E-state index in [0.29, 0.717) is 29.1 Å². The minimum atomic E-state index is -0.203. The van der Waals surface area contributed by atoms with Crippen LogP contribution in [0, 0.1) is 0 Å². The fourth-order valence-electron chi connectivity index (χ4n) is 2.65. The van der Waals surface area contributed by atoms with E-state index in [4.69, 9.17) is 5.73 Å². The maximum Gasteiger partial charge on any atom is 0.260 e. The summed E-state index contributed by atoms with van der Waals surface area (Å²) in [5, 5.41) is 3.37. The number of aromatic amines is 1. The number of fused-ring (bicyclic) bond motifs is 1. The number of nitrogen functional groups attached to an aromatic ring is 1. The Bertz CT molecular complexity index is 755. The lowest BCUT2D eigenvalue weighted by Crippen LogP contribution is -2.36. The summed E-state index contributed by atoms with van der Waals surface area (Å²) in [4.78, 5) is 32.4. The van der Waals surface area contributed by atoms with Gasteiger partial charge in [0, 0.05) is 31.7 Å². The minimum Gasteiger partial charge on any atom is -0.399 e. The van der Waals surface area contributed by atoms with Crippen LogP contribution < -0.4 is 21.5 Å². The largest absolute Gasteiger partial charge is 0.399 e. The molecule has 0 radical (unpaired) electrons. The van der Waals surface area contributed by atoms with Crippen molar-refractivity contribution in [3.63, 3.8) is 0 Å². The van der Waals surface area contributed by atoms with Gasteiger partial charge in [0.2, 0.25) is 11.9 Å². The van der Waals surface area contributed by atoms with Gasteiger partial charge in [0.05, 0.1) is 10.9 Å². The second-order valence-corrected chi connectivity index (χ2v) is 5.30. The van der Waals surface area contributed by atoms with Crippen LogP contribution in [0.5, 0.6) is 0 Å². The number of rotatable bonds is 2. The molecule has 1 saturated heterocycles. The number of nitrogens with zero attached hydrogens (tertiary/aromatic N) is 2. The van der Waals surface area contributed by atoms with Gasteiger partial charge in [0.15, 0.2) is 0 Å². The van der Waals surface area contributed by atoms with E-state index in [-0.39, 0.29) is 17.5 Å². The third-order valence-corrected chi connectivity index (χ3v) is 3.61. The van der Waals surface area contributed by atoms with E-state index in [0.717, 1.165) is 13.0 Å². The summed E-state index contributed by atoms with van der Waals surface area (Å²) in [5.74, 6) is 0.488. The lowest BCUT2D eigenvalue weighted by Gasteiger charge is -2.17. The Balaban J connectivity index is 1.90. The van der Waals surface area contributed by atoms with Crippen molar-refractivity contribution in [2.75, 3.05) is 23.7 Å². The average Bonchev–Trinajstić information content (AvgIpc) is 2.87. The van der Waals surface area contributed by atoms with Gasteiger partial charge in [-0.05, 0) is 24.6 Å². The summed E-state index contributed by atoms with van der Waals surface area (Å²) in [6.45, 7) is 2.89. The number of nitrogens with one attached hydrogen (secondary N) is 2. The zero-order valence-electron chi connectivity index (χ0n) is 11.7. The molecule has 110 valence electrons. The van der Waals surface area contributed by atoms with E-state index >= 15 is 0 Å². The van der Waals surface area contributed by atoms with Crippen molar-refractivity contribution in [1.29, 1.82) is 0 Å². The summed E-state index contributed by atoms with van der Waals surface area (Å²) in [5.41, 5.74) is 6.64. The van der Waals surface area contributed by atoms with Crippen LogP contribution in [0.25, 0.3) is 10.9 Å². The van der Waals surface area contributed by atoms with E-state index in [1.165, 1.54) is 6.92 Å². The van der Waals surface area contributed by atoms with E-state index < -0.39 is 0 Å². The number of anilines is 2. The first kappa shape index (κ1) is 13.4. The quantitative estimate of drug-likeness (QED) is 0.685. The monoisotopic (exact) mass is 287 g/mol. The summed E-state index contributed by atoms with van der Waals surface area (Å²) in [6.07, 6.45) is 0.836. The van der Waals surface area contributed by atoms with Gasteiger partial charge in [0.1, 0.15) is 0 Å². The predicted octanol–water partition coefficient (Wildman–Crippen LogP) is 0.220. The van der Waals surface area contributed by atoms with Crippen molar-refractivity contribution in [1.82, 2.24) is 15.3 Å². The van der Waals surface area contributed by atoms with Gasteiger partial charge in [0.25, 0.3) is 5.56 Å². The number of benzene rings is 1. The second kappa shape index (κ2) is 5.08. The van der Waals surface area contributed by atoms with Crippen molar-refractivity contribution in [2.45, 2.75) is 19.4 Å². The molecular weight excluding hydrogens is 270 g/mol. The highest BCUT2D eigenvalue weighted by molar-refractivity contribution is 5.81. The molecule has 1 aliphatic rings. The van der Waals surface area contributed by atoms with Crippen LogP contribution in [0.3, 0.4) is 0 Å². The van der Waals surface area contributed by atoms with Gasteiger partial charge in [-0.1, -0.05) is 0 Å². The molecule has 3 rings (SSSR count). The third-order valence-electron chi connectivity index (χ3n) is 3.61. The normalized spacial score (nSPS) is 18.1. The number of H-pyrrole nitrogens is 1. The number of carbonyl (C=O) groups excluding carboxylic acids is 1. The van der Waals surface area contributed by atoms with E-state index in [9.17, 15) is 9.59 Å². The molecule has 7 heteroatoms. The maximum atomic E-state index is 12.1. The van der Waals surface area contributed by atoms with Crippen molar-refractivity contribution in [3.8, 4) is 0 Å². The lowest BCUT2D eigenvalue weighted by molar-refractivity contribution is -0.119. The first-order valence-electron chi connectivity index (χ1n) is 6.84. The first-order chi connectivity index (χ1) is 10.0. The van der Waals surface area contributed by atoms with E-state index in [1.807, 2.05) is 4.90 Å². The number of hydrogen-bond acceptors (Lipinski definition) is 5. The number of amides is 1. The van der Waals surface area contributed by atoms with Crippen molar-refractivity contribution < 1.29 is 4.79 Å². The van der Waals surface area contributed by atoms with Gasteiger partial charge in [-0.2, -0.15) is 0 Å². The molecule has 0 saturated carbocycles. The fourth-order valence-corrected chi connectivity index (χ4v) is 2.65.